The Bertz CT molecular complexity index is 1170. The van der Waals surface area contributed by atoms with Gasteiger partial charge in [-0.05, 0) is 30.5 Å². The maximum Gasteiger partial charge on any atom is 0.259 e. The average molecular weight is 479 g/mol. The van der Waals surface area contributed by atoms with E-state index in [1.54, 1.807) is 27.5 Å². The molecule has 5 rings (SSSR count). The molecule has 2 aromatic heterocycles. The minimum Gasteiger partial charge on any atom is -0.467 e. The van der Waals surface area contributed by atoms with E-state index in [-0.39, 0.29) is 11.5 Å². The molecule has 0 atom stereocenters. The number of carbonyl (C=O) groups excluding carboxylic acids is 1. The van der Waals surface area contributed by atoms with E-state index < -0.39 is 0 Å². The van der Waals surface area contributed by atoms with Gasteiger partial charge >= 0.3 is 0 Å². The van der Waals surface area contributed by atoms with Gasteiger partial charge in [0.15, 0.2) is 5.16 Å². The molecule has 1 amide bonds. The number of thioether (sulfide) groups is 1. The van der Waals surface area contributed by atoms with Crippen LogP contribution in [0, 0.1) is 0 Å². The molecule has 0 saturated heterocycles. The fourth-order valence-corrected chi connectivity index (χ4v) is 5.62. The van der Waals surface area contributed by atoms with Crippen molar-refractivity contribution in [3.63, 3.8) is 0 Å². The van der Waals surface area contributed by atoms with Crippen molar-refractivity contribution in [2.24, 2.45) is 0 Å². The summed E-state index contributed by atoms with van der Waals surface area (Å²) in [5, 5.41) is 4.63. The third-order valence-corrected chi connectivity index (χ3v) is 7.87. The highest BCUT2D eigenvalue weighted by molar-refractivity contribution is 7.99. The van der Waals surface area contributed by atoms with Crippen LogP contribution >= 0.6 is 11.8 Å². The van der Waals surface area contributed by atoms with Crippen molar-refractivity contribution >= 4 is 17.7 Å². The number of nitrogens with zero attached hydrogens (tertiary/aromatic N) is 3. The Hall–Kier alpha value is -2.84. The van der Waals surface area contributed by atoms with Gasteiger partial charge in [0, 0.05) is 37.7 Å². The summed E-state index contributed by atoms with van der Waals surface area (Å²) in [4.78, 5) is 33.1. The summed E-state index contributed by atoms with van der Waals surface area (Å²) in [7, 11) is 0. The largest absolute Gasteiger partial charge is 0.467 e. The number of rotatable bonds is 9. The molecule has 0 radical (unpaired) electrons. The number of nitrogens with one attached hydrogen (secondary N) is 1. The van der Waals surface area contributed by atoms with Crippen molar-refractivity contribution in [1.29, 1.82) is 0 Å². The Labute approximate surface area is 203 Å². The summed E-state index contributed by atoms with van der Waals surface area (Å²) in [5.41, 5.74) is 2.62. The SMILES string of the molecule is O=C(CCNCc1ccccc1)N1CCc2nc(SC3CCC3)n(Cc3ccco3)c(=O)c2C1. The van der Waals surface area contributed by atoms with Gasteiger partial charge in [-0.1, -0.05) is 48.5 Å². The minimum absolute atomic E-state index is 0.0528. The molecule has 3 heterocycles. The number of amides is 1. The molecule has 1 N–H and O–H groups in total. The molecular formula is C26H30N4O3S. The molecule has 1 saturated carbocycles. The second-order valence-corrected chi connectivity index (χ2v) is 10.2. The van der Waals surface area contributed by atoms with Gasteiger partial charge in [0.05, 0.1) is 30.6 Å². The highest BCUT2D eigenvalue weighted by Gasteiger charge is 2.28. The van der Waals surface area contributed by atoms with Crippen LogP contribution in [0.1, 0.15) is 48.3 Å². The molecular weight excluding hydrogens is 448 g/mol. The molecule has 0 unspecified atom stereocenters. The molecule has 3 aromatic rings. The predicted molar refractivity (Wildman–Crippen MR) is 132 cm³/mol. The van der Waals surface area contributed by atoms with E-state index in [4.69, 9.17) is 9.40 Å². The van der Waals surface area contributed by atoms with E-state index in [1.165, 1.54) is 24.8 Å². The van der Waals surface area contributed by atoms with Crippen molar-refractivity contribution in [3.8, 4) is 0 Å². The van der Waals surface area contributed by atoms with Crippen LogP contribution in [0.15, 0.2) is 63.1 Å². The molecule has 8 heteroatoms. The summed E-state index contributed by atoms with van der Waals surface area (Å²) >= 11 is 1.71. The summed E-state index contributed by atoms with van der Waals surface area (Å²) < 4.78 is 7.25. The van der Waals surface area contributed by atoms with E-state index in [0.29, 0.717) is 49.8 Å². The highest BCUT2D eigenvalue weighted by Crippen LogP contribution is 2.35. The Morgan fingerprint density at radius 3 is 2.76 bits per heavy atom. The fourth-order valence-electron chi connectivity index (χ4n) is 4.31. The summed E-state index contributed by atoms with van der Waals surface area (Å²) in [6.07, 6.45) is 6.22. The standard InChI is InChI=1S/C26H30N4O3S/c31-24(11-13-27-16-19-6-2-1-3-7-19)29-14-12-23-22(18-29)25(32)30(17-20-8-5-15-33-20)26(28-23)34-21-9-4-10-21/h1-3,5-8,15,21,27H,4,9-14,16-18H2. The minimum atomic E-state index is -0.0528. The molecule has 1 aliphatic carbocycles. The average Bonchev–Trinajstić information content (AvgIpc) is 3.35. The van der Waals surface area contributed by atoms with Gasteiger partial charge < -0.3 is 14.6 Å². The number of aromatic nitrogens is 2. The molecule has 7 nitrogen and oxygen atoms in total. The Balaban J connectivity index is 1.27. The van der Waals surface area contributed by atoms with Crippen LogP contribution < -0.4 is 10.9 Å². The van der Waals surface area contributed by atoms with Gasteiger partial charge in [0.1, 0.15) is 5.76 Å². The van der Waals surface area contributed by atoms with Gasteiger partial charge in [0.2, 0.25) is 5.91 Å². The van der Waals surface area contributed by atoms with E-state index in [9.17, 15) is 9.59 Å². The van der Waals surface area contributed by atoms with E-state index >= 15 is 0 Å². The zero-order valence-electron chi connectivity index (χ0n) is 19.2. The number of hydrogen-bond donors (Lipinski definition) is 1. The van der Waals surface area contributed by atoms with Crippen LogP contribution in [0.5, 0.6) is 0 Å². The highest BCUT2D eigenvalue weighted by atomic mass is 32.2. The first-order valence-electron chi connectivity index (χ1n) is 12.0. The molecule has 178 valence electrons. The Kier molecular flexibility index (Phi) is 7.16. The van der Waals surface area contributed by atoms with Gasteiger partial charge in [-0.2, -0.15) is 0 Å². The number of benzene rings is 1. The topological polar surface area (TPSA) is 80.4 Å². The van der Waals surface area contributed by atoms with Crippen LogP contribution in [0.4, 0.5) is 0 Å². The van der Waals surface area contributed by atoms with Crippen LogP contribution in [-0.2, 0) is 30.8 Å². The lowest BCUT2D eigenvalue weighted by molar-refractivity contribution is -0.132. The number of fused-ring (bicyclic) bond motifs is 1. The summed E-state index contributed by atoms with van der Waals surface area (Å²) in [6, 6.07) is 13.8. The lowest BCUT2D eigenvalue weighted by Gasteiger charge is -2.30. The van der Waals surface area contributed by atoms with Gasteiger partial charge in [-0.25, -0.2) is 4.98 Å². The second kappa shape index (κ2) is 10.6. The van der Waals surface area contributed by atoms with Gasteiger partial charge in [0.25, 0.3) is 5.56 Å². The van der Waals surface area contributed by atoms with Gasteiger partial charge in [-0.3, -0.25) is 14.2 Å². The molecule has 1 aromatic carbocycles. The first kappa shape index (κ1) is 22.9. The van der Waals surface area contributed by atoms with E-state index in [0.717, 1.165) is 23.2 Å². The van der Waals surface area contributed by atoms with Gasteiger partial charge in [-0.15, -0.1) is 0 Å². The second-order valence-electron chi connectivity index (χ2n) is 8.94. The van der Waals surface area contributed by atoms with E-state index in [1.807, 2.05) is 30.3 Å². The zero-order valence-corrected chi connectivity index (χ0v) is 20.1. The Morgan fingerprint density at radius 1 is 1.18 bits per heavy atom. The quantitative estimate of drug-likeness (QED) is 0.374. The maximum absolute atomic E-state index is 13.6. The molecule has 2 aliphatic rings. The van der Waals surface area contributed by atoms with Crippen molar-refractivity contribution in [2.45, 2.75) is 62.1 Å². The van der Waals surface area contributed by atoms with Crippen molar-refractivity contribution < 1.29 is 9.21 Å². The maximum atomic E-state index is 13.6. The van der Waals surface area contributed by atoms with E-state index in [2.05, 4.69) is 17.4 Å². The third kappa shape index (κ3) is 5.28. The number of furan rings is 1. The zero-order chi connectivity index (χ0) is 23.3. The van der Waals surface area contributed by atoms with Crippen LogP contribution in [0.25, 0.3) is 0 Å². The van der Waals surface area contributed by atoms with Crippen molar-refractivity contribution in [2.75, 3.05) is 13.1 Å². The smallest absolute Gasteiger partial charge is 0.259 e. The fraction of sp³-hybridized carbons (Fsp3) is 0.423. The summed E-state index contributed by atoms with van der Waals surface area (Å²) in [5.74, 6) is 0.795. The van der Waals surface area contributed by atoms with Crippen LogP contribution in [0.2, 0.25) is 0 Å². The lowest BCUT2D eigenvalue weighted by Crippen LogP contribution is -2.42. The van der Waals surface area contributed by atoms with Crippen molar-refractivity contribution in [3.05, 3.63) is 81.7 Å². The number of carbonyl (C=O) groups is 1. The Morgan fingerprint density at radius 2 is 2.03 bits per heavy atom. The third-order valence-electron chi connectivity index (χ3n) is 6.54. The summed E-state index contributed by atoms with van der Waals surface area (Å²) in [6.45, 7) is 2.63. The molecule has 34 heavy (non-hydrogen) atoms. The predicted octanol–water partition coefficient (Wildman–Crippen LogP) is 3.59. The van der Waals surface area contributed by atoms with Crippen molar-refractivity contribution in [1.82, 2.24) is 19.8 Å². The normalized spacial score (nSPS) is 15.7. The lowest BCUT2D eigenvalue weighted by atomic mass is 10.0. The molecule has 1 fully saturated rings. The number of hydrogen-bond acceptors (Lipinski definition) is 6. The monoisotopic (exact) mass is 478 g/mol. The van der Waals surface area contributed by atoms with Crippen LogP contribution in [0.3, 0.4) is 0 Å². The first-order chi connectivity index (χ1) is 16.7. The molecule has 0 bridgehead atoms. The van der Waals surface area contributed by atoms with Crippen LogP contribution in [-0.4, -0.2) is 38.7 Å². The first-order valence-corrected chi connectivity index (χ1v) is 12.9. The molecule has 0 spiro atoms. The molecule has 1 aliphatic heterocycles.